The minimum atomic E-state index is 0.599. The molecule has 1 aliphatic rings. The quantitative estimate of drug-likeness (QED) is 0.673. The van der Waals surface area contributed by atoms with Gasteiger partial charge in [-0.2, -0.15) is 5.10 Å². The highest BCUT2D eigenvalue weighted by Crippen LogP contribution is 2.16. The second-order valence-corrected chi connectivity index (χ2v) is 6.07. The van der Waals surface area contributed by atoms with E-state index in [1.54, 1.807) is 13.3 Å². The summed E-state index contributed by atoms with van der Waals surface area (Å²) in [7, 11) is 3.61. The first-order chi connectivity index (χ1) is 11.8. The maximum absolute atomic E-state index is 5.26. The van der Waals surface area contributed by atoms with Crippen LogP contribution in [0.1, 0.15) is 12.0 Å². The van der Waals surface area contributed by atoms with Crippen LogP contribution in [0, 0.1) is 5.92 Å². The molecule has 2 heterocycles. The van der Waals surface area contributed by atoms with Crippen molar-refractivity contribution in [1.82, 2.24) is 20.0 Å². The van der Waals surface area contributed by atoms with Crippen LogP contribution in [0.4, 0.5) is 0 Å². The number of aliphatic imine (C=N–C) groups is 1. The third kappa shape index (κ3) is 3.94. The number of nitrogens with one attached hydrogen (secondary N) is 1. The Hall–Kier alpha value is -2.34. The number of rotatable bonds is 5. The number of likely N-dealkylation sites (tertiary alicyclic amines) is 1. The lowest BCUT2D eigenvalue weighted by Gasteiger charge is -2.21. The van der Waals surface area contributed by atoms with E-state index < -0.39 is 0 Å². The lowest BCUT2D eigenvalue weighted by Crippen LogP contribution is -2.39. The normalized spacial score (nSPS) is 18.2. The maximum atomic E-state index is 5.26. The summed E-state index contributed by atoms with van der Waals surface area (Å²) in [5.74, 6) is 1.56. The van der Waals surface area contributed by atoms with Crippen LogP contribution in [-0.2, 0) is 11.3 Å². The van der Waals surface area contributed by atoms with Crippen LogP contribution in [-0.4, -0.2) is 54.5 Å². The van der Waals surface area contributed by atoms with E-state index in [2.05, 4.69) is 44.6 Å². The van der Waals surface area contributed by atoms with Crippen LogP contribution in [0.25, 0.3) is 5.69 Å². The fourth-order valence-electron chi connectivity index (χ4n) is 3.10. The molecule has 1 fully saturated rings. The van der Waals surface area contributed by atoms with Crippen LogP contribution < -0.4 is 5.32 Å². The van der Waals surface area contributed by atoms with Gasteiger partial charge in [0.2, 0.25) is 0 Å². The van der Waals surface area contributed by atoms with Gasteiger partial charge >= 0.3 is 0 Å². The van der Waals surface area contributed by atoms with Crippen molar-refractivity contribution in [2.24, 2.45) is 10.9 Å². The van der Waals surface area contributed by atoms with E-state index in [0.717, 1.165) is 44.3 Å². The van der Waals surface area contributed by atoms with Crippen molar-refractivity contribution >= 4 is 5.96 Å². The molecule has 6 nitrogen and oxygen atoms in total. The van der Waals surface area contributed by atoms with E-state index in [-0.39, 0.29) is 0 Å². The Morgan fingerprint density at radius 3 is 2.88 bits per heavy atom. The van der Waals surface area contributed by atoms with Crippen molar-refractivity contribution in [1.29, 1.82) is 0 Å². The average molecular weight is 327 g/mol. The van der Waals surface area contributed by atoms with Crippen LogP contribution in [0.3, 0.4) is 0 Å². The van der Waals surface area contributed by atoms with Gasteiger partial charge in [-0.15, -0.1) is 0 Å². The molecule has 1 aromatic carbocycles. The minimum Gasteiger partial charge on any atom is -0.384 e. The van der Waals surface area contributed by atoms with Gasteiger partial charge in [-0.25, -0.2) is 4.68 Å². The Kier molecular flexibility index (Phi) is 5.48. The van der Waals surface area contributed by atoms with Crippen molar-refractivity contribution in [3.05, 3.63) is 48.3 Å². The zero-order chi connectivity index (χ0) is 16.8. The van der Waals surface area contributed by atoms with E-state index >= 15 is 0 Å². The van der Waals surface area contributed by atoms with Gasteiger partial charge in [0.15, 0.2) is 5.96 Å². The number of aromatic nitrogens is 2. The monoisotopic (exact) mass is 327 g/mol. The van der Waals surface area contributed by atoms with Crippen LogP contribution >= 0.6 is 0 Å². The summed E-state index contributed by atoms with van der Waals surface area (Å²) in [5, 5.41) is 7.70. The van der Waals surface area contributed by atoms with E-state index in [9.17, 15) is 0 Å². The lowest BCUT2D eigenvalue weighted by molar-refractivity contribution is 0.157. The SMILES string of the molecule is CN=C(NCc1ccc(-n2cccn2)cc1)N1CCC(COC)C1. The molecule has 1 aliphatic heterocycles. The zero-order valence-electron chi connectivity index (χ0n) is 14.4. The summed E-state index contributed by atoms with van der Waals surface area (Å²) in [5.41, 5.74) is 2.29. The first-order valence-electron chi connectivity index (χ1n) is 8.33. The predicted octanol–water partition coefficient (Wildman–Crippen LogP) is 1.92. The average Bonchev–Trinajstić information content (AvgIpc) is 3.29. The van der Waals surface area contributed by atoms with Crippen LogP contribution in [0.5, 0.6) is 0 Å². The van der Waals surface area contributed by atoms with Crippen molar-refractivity contribution in [3.63, 3.8) is 0 Å². The number of nitrogens with zero attached hydrogens (tertiary/aromatic N) is 4. The standard InChI is InChI=1S/C18H25N5O/c1-19-18(22-11-8-16(13-22)14-24-2)20-12-15-4-6-17(7-5-15)23-10-3-9-21-23/h3-7,9-10,16H,8,11-14H2,1-2H3,(H,19,20). The van der Waals surface area contributed by atoms with Gasteiger partial charge in [0.1, 0.15) is 0 Å². The minimum absolute atomic E-state index is 0.599. The van der Waals surface area contributed by atoms with Crippen molar-refractivity contribution < 1.29 is 4.74 Å². The number of ether oxygens (including phenoxy) is 1. The van der Waals surface area contributed by atoms with E-state index in [1.165, 1.54) is 5.56 Å². The molecule has 0 radical (unpaired) electrons. The van der Waals surface area contributed by atoms with Gasteiger partial charge in [0, 0.05) is 52.1 Å². The van der Waals surface area contributed by atoms with E-state index in [0.29, 0.717) is 5.92 Å². The third-order valence-electron chi connectivity index (χ3n) is 4.36. The predicted molar refractivity (Wildman–Crippen MR) is 95.3 cm³/mol. The molecule has 0 bridgehead atoms. The highest BCUT2D eigenvalue weighted by molar-refractivity contribution is 5.80. The summed E-state index contributed by atoms with van der Waals surface area (Å²) in [4.78, 5) is 6.72. The molecule has 1 saturated heterocycles. The molecule has 6 heteroatoms. The molecule has 0 saturated carbocycles. The van der Waals surface area contributed by atoms with Gasteiger partial charge < -0.3 is 15.0 Å². The first kappa shape index (κ1) is 16.5. The van der Waals surface area contributed by atoms with Crippen LogP contribution in [0.2, 0.25) is 0 Å². The topological polar surface area (TPSA) is 54.7 Å². The summed E-state index contributed by atoms with van der Waals surface area (Å²) in [6.45, 7) is 3.62. The van der Waals surface area contributed by atoms with Gasteiger partial charge in [-0.1, -0.05) is 12.1 Å². The van der Waals surface area contributed by atoms with Crippen molar-refractivity contribution in [2.45, 2.75) is 13.0 Å². The highest BCUT2D eigenvalue weighted by Gasteiger charge is 2.24. The highest BCUT2D eigenvalue weighted by atomic mass is 16.5. The molecule has 0 aliphatic carbocycles. The first-order valence-corrected chi connectivity index (χ1v) is 8.33. The Morgan fingerprint density at radius 2 is 2.21 bits per heavy atom. The molecule has 1 atom stereocenters. The van der Waals surface area contributed by atoms with E-state index in [4.69, 9.17) is 4.74 Å². The molecule has 0 spiro atoms. The van der Waals surface area contributed by atoms with Crippen molar-refractivity contribution in [3.8, 4) is 5.69 Å². The largest absolute Gasteiger partial charge is 0.384 e. The lowest BCUT2D eigenvalue weighted by atomic mass is 10.1. The number of hydrogen-bond donors (Lipinski definition) is 1. The molecule has 1 N–H and O–H groups in total. The molecule has 0 amide bonds. The number of hydrogen-bond acceptors (Lipinski definition) is 3. The Bertz CT molecular complexity index is 651. The number of guanidine groups is 1. The molecule has 3 rings (SSSR count). The molecule has 24 heavy (non-hydrogen) atoms. The molecule has 2 aromatic rings. The van der Waals surface area contributed by atoms with E-state index in [1.807, 2.05) is 24.0 Å². The smallest absolute Gasteiger partial charge is 0.193 e. The molecule has 1 aromatic heterocycles. The van der Waals surface area contributed by atoms with Gasteiger partial charge in [0.25, 0.3) is 0 Å². The molecular weight excluding hydrogens is 302 g/mol. The molecule has 1 unspecified atom stereocenters. The fraction of sp³-hybridized carbons (Fsp3) is 0.444. The third-order valence-corrected chi connectivity index (χ3v) is 4.36. The fourth-order valence-corrected chi connectivity index (χ4v) is 3.10. The summed E-state index contributed by atoms with van der Waals surface area (Å²) < 4.78 is 7.12. The molecular formula is C18H25N5O. The van der Waals surface area contributed by atoms with Crippen LogP contribution in [0.15, 0.2) is 47.7 Å². The second kappa shape index (κ2) is 7.97. The Balaban J connectivity index is 1.54. The number of methoxy groups -OCH3 is 1. The Morgan fingerprint density at radius 1 is 1.38 bits per heavy atom. The number of benzene rings is 1. The summed E-state index contributed by atoms with van der Waals surface area (Å²) in [6, 6.07) is 10.3. The van der Waals surface area contributed by atoms with Crippen molar-refractivity contribution in [2.75, 3.05) is 33.9 Å². The summed E-state index contributed by atoms with van der Waals surface area (Å²) >= 11 is 0. The summed E-state index contributed by atoms with van der Waals surface area (Å²) in [6.07, 6.45) is 4.89. The van der Waals surface area contributed by atoms with Gasteiger partial charge in [-0.3, -0.25) is 4.99 Å². The zero-order valence-corrected chi connectivity index (χ0v) is 14.4. The molecule has 128 valence electrons. The van der Waals surface area contributed by atoms with Gasteiger partial charge in [-0.05, 0) is 30.2 Å². The second-order valence-electron chi connectivity index (χ2n) is 6.07. The Labute approximate surface area is 143 Å². The maximum Gasteiger partial charge on any atom is 0.193 e. The van der Waals surface area contributed by atoms with Gasteiger partial charge in [0.05, 0.1) is 12.3 Å².